The maximum absolute atomic E-state index is 11.6. The van der Waals surface area contributed by atoms with E-state index in [1.54, 1.807) is 6.07 Å². The van der Waals surface area contributed by atoms with Gasteiger partial charge >= 0.3 is 0 Å². The van der Waals surface area contributed by atoms with Gasteiger partial charge in [-0.3, -0.25) is 4.79 Å². The summed E-state index contributed by atoms with van der Waals surface area (Å²) in [6, 6.07) is 7.29. The number of amides is 1. The predicted molar refractivity (Wildman–Crippen MR) is 63.6 cm³/mol. The van der Waals surface area contributed by atoms with Gasteiger partial charge in [0.25, 0.3) is 0 Å². The summed E-state index contributed by atoms with van der Waals surface area (Å²) in [6.45, 7) is 4.14. The van der Waals surface area contributed by atoms with Crippen LogP contribution in [0.2, 0.25) is 0 Å². The third-order valence-corrected chi connectivity index (χ3v) is 2.47. The molecule has 0 aliphatic heterocycles. The van der Waals surface area contributed by atoms with Gasteiger partial charge in [-0.25, -0.2) is 0 Å². The molecule has 15 heavy (non-hydrogen) atoms. The van der Waals surface area contributed by atoms with Crippen LogP contribution in [0, 0.1) is 5.92 Å². The van der Waals surface area contributed by atoms with Crippen molar-refractivity contribution in [1.29, 1.82) is 0 Å². The van der Waals surface area contributed by atoms with E-state index in [2.05, 4.69) is 19.2 Å². The Labute approximate surface area is 90.7 Å². The SMILES string of the molecule is CCC(C)CC(=O)Nc1ccccc1N. The van der Waals surface area contributed by atoms with Crippen LogP contribution >= 0.6 is 0 Å². The van der Waals surface area contributed by atoms with Crippen LogP contribution in [0.1, 0.15) is 26.7 Å². The Kier molecular flexibility index (Phi) is 4.16. The molecule has 0 fully saturated rings. The van der Waals surface area contributed by atoms with Crippen molar-refractivity contribution in [2.75, 3.05) is 11.1 Å². The van der Waals surface area contributed by atoms with Crippen LogP contribution in [0.5, 0.6) is 0 Å². The summed E-state index contributed by atoms with van der Waals surface area (Å²) in [7, 11) is 0. The summed E-state index contributed by atoms with van der Waals surface area (Å²) in [4.78, 5) is 11.6. The van der Waals surface area contributed by atoms with Gasteiger partial charge in [-0.15, -0.1) is 0 Å². The molecule has 3 N–H and O–H groups in total. The van der Waals surface area contributed by atoms with Crippen LogP contribution in [0.25, 0.3) is 0 Å². The number of nitrogen functional groups attached to an aromatic ring is 1. The Hall–Kier alpha value is -1.51. The number of para-hydroxylation sites is 2. The third-order valence-electron chi connectivity index (χ3n) is 2.47. The van der Waals surface area contributed by atoms with E-state index in [1.807, 2.05) is 18.2 Å². The average molecular weight is 206 g/mol. The number of rotatable bonds is 4. The van der Waals surface area contributed by atoms with Crippen LogP contribution < -0.4 is 11.1 Å². The van der Waals surface area contributed by atoms with Gasteiger partial charge < -0.3 is 11.1 Å². The zero-order valence-corrected chi connectivity index (χ0v) is 9.29. The molecule has 1 aromatic rings. The molecule has 0 heterocycles. The molecule has 82 valence electrons. The summed E-state index contributed by atoms with van der Waals surface area (Å²) < 4.78 is 0. The van der Waals surface area contributed by atoms with Crippen molar-refractivity contribution in [1.82, 2.24) is 0 Å². The molecule has 1 amide bonds. The highest BCUT2D eigenvalue weighted by atomic mass is 16.1. The summed E-state index contributed by atoms with van der Waals surface area (Å²) >= 11 is 0. The Morgan fingerprint density at radius 2 is 2.13 bits per heavy atom. The van der Waals surface area contributed by atoms with Crippen molar-refractivity contribution < 1.29 is 4.79 Å². The number of nitrogens with two attached hydrogens (primary N) is 1. The van der Waals surface area contributed by atoms with Crippen molar-refractivity contribution >= 4 is 17.3 Å². The highest BCUT2D eigenvalue weighted by Gasteiger charge is 2.08. The first kappa shape index (κ1) is 11.6. The van der Waals surface area contributed by atoms with Crippen LogP contribution in [0.4, 0.5) is 11.4 Å². The molecule has 1 aromatic carbocycles. The molecule has 1 unspecified atom stereocenters. The Morgan fingerprint density at radius 1 is 1.47 bits per heavy atom. The molecule has 0 spiro atoms. The van der Waals surface area contributed by atoms with Gasteiger partial charge in [0.2, 0.25) is 5.91 Å². The first-order valence-corrected chi connectivity index (χ1v) is 5.27. The second-order valence-corrected chi connectivity index (χ2v) is 3.85. The Morgan fingerprint density at radius 3 is 2.73 bits per heavy atom. The van der Waals surface area contributed by atoms with Crippen molar-refractivity contribution in [3.63, 3.8) is 0 Å². The predicted octanol–water partition coefficient (Wildman–Crippen LogP) is 2.64. The van der Waals surface area contributed by atoms with E-state index in [0.717, 1.165) is 6.42 Å². The normalized spacial score (nSPS) is 12.1. The van der Waals surface area contributed by atoms with Crippen LogP contribution in [-0.4, -0.2) is 5.91 Å². The van der Waals surface area contributed by atoms with E-state index < -0.39 is 0 Å². The molecule has 0 saturated carbocycles. The second-order valence-electron chi connectivity index (χ2n) is 3.85. The third kappa shape index (κ3) is 3.62. The average Bonchev–Trinajstić information content (AvgIpc) is 2.21. The largest absolute Gasteiger partial charge is 0.397 e. The molecular formula is C12H18N2O. The molecule has 3 nitrogen and oxygen atoms in total. The highest BCUT2D eigenvalue weighted by molar-refractivity contribution is 5.93. The molecule has 0 saturated heterocycles. The quantitative estimate of drug-likeness (QED) is 0.744. The van der Waals surface area contributed by atoms with Gasteiger partial charge in [0.05, 0.1) is 11.4 Å². The van der Waals surface area contributed by atoms with Gasteiger partial charge in [-0.1, -0.05) is 32.4 Å². The first-order chi connectivity index (χ1) is 7.13. The topological polar surface area (TPSA) is 55.1 Å². The minimum Gasteiger partial charge on any atom is -0.397 e. The molecular weight excluding hydrogens is 188 g/mol. The monoisotopic (exact) mass is 206 g/mol. The molecule has 0 bridgehead atoms. The Balaban J connectivity index is 2.55. The van der Waals surface area contributed by atoms with Crippen LogP contribution in [0.3, 0.4) is 0 Å². The lowest BCUT2D eigenvalue weighted by atomic mass is 10.1. The summed E-state index contributed by atoms with van der Waals surface area (Å²) in [5, 5.41) is 2.81. The molecule has 1 rings (SSSR count). The van der Waals surface area contributed by atoms with E-state index in [1.165, 1.54) is 0 Å². The summed E-state index contributed by atoms with van der Waals surface area (Å²) in [5.74, 6) is 0.442. The number of nitrogens with one attached hydrogen (secondary N) is 1. The van der Waals surface area contributed by atoms with Crippen molar-refractivity contribution in [2.45, 2.75) is 26.7 Å². The van der Waals surface area contributed by atoms with E-state index in [4.69, 9.17) is 5.73 Å². The Bertz CT molecular complexity index is 336. The fraction of sp³-hybridized carbons (Fsp3) is 0.417. The van der Waals surface area contributed by atoms with Crippen molar-refractivity contribution in [2.24, 2.45) is 5.92 Å². The van der Waals surface area contributed by atoms with Crippen molar-refractivity contribution in [3.05, 3.63) is 24.3 Å². The fourth-order valence-corrected chi connectivity index (χ4v) is 1.27. The van der Waals surface area contributed by atoms with Gasteiger partial charge in [0.1, 0.15) is 0 Å². The van der Waals surface area contributed by atoms with Crippen LogP contribution in [-0.2, 0) is 4.79 Å². The molecule has 0 aromatic heterocycles. The lowest BCUT2D eigenvalue weighted by molar-refractivity contribution is -0.117. The zero-order valence-electron chi connectivity index (χ0n) is 9.29. The van der Waals surface area contributed by atoms with E-state index in [9.17, 15) is 4.79 Å². The second kappa shape index (κ2) is 5.39. The molecule has 1 atom stereocenters. The zero-order chi connectivity index (χ0) is 11.3. The first-order valence-electron chi connectivity index (χ1n) is 5.27. The van der Waals surface area contributed by atoms with Crippen molar-refractivity contribution in [3.8, 4) is 0 Å². The molecule has 0 aliphatic rings. The van der Waals surface area contributed by atoms with E-state index >= 15 is 0 Å². The number of anilines is 2. The van der Waals surface area contributed by atoms with Gasteiger partial charge in [0.15, 0.2) is 0 Å². The maximum atomic E-state index is 11.6. The number of hydrogen-bond acceptors (Lipinski definition) is 2. The highest BCUT2D eigenvalue weighted by Crippen LogP contribution is 2.17. The number of hydrogen-bond donors (Lipinski definition) is 2. The lowest BCUT2D eigenvalue weighted by Crippen LogP contribution is -2.15. The van der Waals surface area contributed by atoms with E-state index in [0.29, 0.717) is 23.7 Å². The molecule has 0 radical (unpaired) electrons. The minimum absolute atomic E-state index is 0.0299. The van der Waals surface area contributed by atoms with E-state index in [-0.39, 0.29) is 5.91 Å². The minimum atomic E-state index is 0.0299. The fourth-order valence-electron chi connectivity index (χ4n) is 1.27. The number of carbonyl (C=O) groups excluding carboxylic acids is 1. The van der Waals surface area contributed by atoms with Crippen LogP contribution in [0.15, 0.2) is 24.3 Å². The summed E-state index contributed by atoms with van der Waals surface area (Å²) in [6.07, 6.45) is 1.56. The number of carbonyl (C=O) groups is 1. The standard InChI is InChI=1S/C12H18N2O/c1-3-9(2)8-12(15)14-11-7-5-4-6-10(11)13/h4-7,9H,3,8,13H2,1-2H3,(H,14,15). The smallest absolute Gasteiger partial charge is 0.224 e. The molecule has 3 heteroatoms. The number of benzene rings is 1. The summed E-state index contributed by atoms with van der Waals surface area (Å²) in [5.41, 5.74) is 7.02. The van der Waals surface area contributed by atoms with Gasteiger partial charge in [-0.05, 0) is 18.1 Å². The van der Waals surface area contributed by atoms with Gasteiger partial charge in [0, 0.05) is 6.42 Å². The molecule has 0 aliphatic carbocycles. The lowest BCUT2D eigenvalue weighted by Gasteiger charge is -2.10. The maximum Gasteiger partial charge on any atom is 0.224 e. The van der Waals surface area contributed by atoms with Gasteiger partial charge in [-0.2, -0.15) is 0 Å².